The van der Waals surface area contributed by atoms with E-state index in [4.69, 9.17) is 5.73 Å². The van der Waals surface area contributed by atoms with Crippen molar-refractivity contribution in [1.82, 2.24) is 20.9 Å². The van der Waals surface area contributed by atoms with Crippen LogP contribution in [0.4, 0.5) is 4.79 Å². The van der Waals surface area contributed by atoms with Gasteiger partial charge in [0.2, 0.25) is 17.6 Å². The molecule has 3 aliphatic rings. The van der Waals surface area contributed by atoms with Gasteiger partial charge < -0.3 is 26.6 Å². The molecule has 5 N–H and O–H groups in total. The van der Waals surface area contributed by atoms with Gasteiger partial charge in [0.15, 0.2) is 9.84 Å². The van der Waals surface area contributed by atoms with Crippen LogP contribution >= 0.6 is 0 Å². The van der Waals surface area contributed by atoms with Crippen LogP contribution in [0.5, 0.6) is 0 Å². The molecule has 4 atom stereocenters. The lowest BCUT2D eigenvalue weighted by molar-refractivity contribution is -0.145. The molecule has 12 nitrogen and oxygen atoms in total. The molecule has 3 unspecified atom stereocenters. The highest BCUT2D eigenvalue weighted by atomic mass is 32.2. The molecule has 5 amide bonds. The van der Waals surface area contributed by atoms with Crippen LogP contribution < -0.4 is 21.7 Å². The van der Waals surface area contributed by atoms with E-state index in [2.05, 4.69) is 16.0 Å². The Kier molecular flexibility index (Phi) is 13.4. The van der Waals surface area contributed by atoms with Crippen molar-refractivity contribution in [1.29, 1.82) is 0 Å². The Bertz CT molecular complexity index is 1320. The van der Waals surface area contributed by atoms with E-state index in [1.807, 2.05) is 55.4 Å². The third-order valence-electron chi connectivity index (χ3n) is 10.8. The number of carbonyl (C=O) groups is 5. The number of hydrogen-bond donors (Lipinski definition) is 4. The van der Waals surface area contributed by atoms with E-state index in [1.54, 1.807) is 0 Å². The Morgan fingerprint density at radius 1 is 0.898 bits per heavy atom. The number of carbonyl (C=O) groups excluding carboxylic acids is 5. The fourth-order valence-electron chi connectivity index (χ4n) is 7.66. The Balaban J connectivity index is 1.86. The molecular weight excluding hydrogens is 646 g/mol. The van der Waals surface area contributed by atoms with Crippen LogP contribution in [-0.2, 0) is 29.0 Å². The first-order chi connectivity index (χ1) is 22.5. The minimum atomic E-state index is -3.45. The smallest absolute Gasteiger partial charge is 0.315 e. The number of likely N-dealkylation sites (tertiary alicyclic amines) is 1. The number of primary amides is 1. The number of urea groups is 1. The van der Waals surface area contributed by atoms with Crippen molar-refractivity contribution in [3.8, 4) is 0 Å². The molecule has 3 rings (SSSR count). The topological polar surface area (TPSA) is 185 Å². The quantitative estimate of drug-likeness (QED) is 0.197. The van der Waals surface area contributed by atoms with Crippen molar-refractivity contribution < 1.29 is 32.4 Å². The number of ketones is 1. The fraction of sp³-hybridized carbons (Fsp3) is 0.861. The van der Waals surface area contributed by atoms with Crippen molar-refractivity contribution >= 4 is 39.4 Å². The molecule has 3 fully saturated rings. The van der Waals surface area contributed by atoms with Crippen LogP contribution in [-0.4, -0.2) is 84.6 Å². The Morgan fingerprint density at radius 3 is 2.00 bits per heavy atom. The molecule has 49 heavy (non-hydrogen) atoms. The first kappa shape index (κ1) is 40.7. The molecule has 1 heterocycles. The molecule has 2 saturated carbocycles. The van der Waals surface area contributed by atoms with Gasteiger partial charge in [0.25, 0.3) is 5.91 Å². The van der Waals surface area contributed by atoms with E-state index in [0.717, 1.165) is 38.5 Å². The lowest BCUT2D eigenvalue weighted by Gasteiger charge is -2.41. The minimum absolute atomic E-state index is 0.0543. The summed E-state index contributed by atoms with van der Waals surface area (Å²) >= 11 is 0. The highest BCUT2D eigenvalue weighted by molar-refractivity contribution is 7.91. The first-order valence-electron chi connectivity index (χ1n) is 18.3. The highest BCUT2D eigenvalue weighted by Crippen LogP contribution is 2.40. The molecule has 0 radical (unpaired) electrons. The second kappa shape index (κ2) is 16.1. The zero-order valence-electron chi connectivity index (χ0n) is 31.2. The van der Waals surface area contributed by atoms with E-state index in [9.17, 15) is 32.4 Å². The van der Waals surface area contributed by atoms with Gasteiger partial charge in [-0.1, -0.05) is 93.9 Å². The molecule has 0 spiro atoms. The van der Waals surface area contributed by atoms with Crippen molar-refractivity contribution in [3.05, 3.63) is 0 Å². The summed E-state index contributed by atoms with van der Waals surface area (Å²) in [6, 6.07) is -3.67. The standard InChI is InChI=1S/C36H63N5O7S/c1-23(2)16-20-49(47,48)22-36(17-10-9-11-18-36)40-33(46)39-29(35(6,7)8)32(45)41-19-15-25(34(3,4)5)27(41)31(44)38-26(28(42)30(37)43)21-24-13-12-14-24/h23-27,29H,9-22H2,1-8H3,(H2,37,43)(H,38,44)(H2,39,40,46)/t25?,26?,27?,29-/m1/s1. The maximum atomic E-state index is 14.5. The summed E-state index contributed by atoms with van der Waals surface area (Å²) in [6.45, 7) is 15.7. The second-order valence-corrected chi connectivity index (χ2v) is 19.8. The zero-order chi connectivity index (χ0) is 36.9. The third-order valence-corrected chi connectivity index (χ3v) is 12.7. The minimum Gasteiger partial charge on any atom is -0.363 e. The number of Topliss-reactive ketones (excluding diaryl/α,β-unsaturated/α-hetero) is 1. The number of rotatable bonds is 14. The summed E-state index contributed by atoms with van der Waals surface area (Å²) in [6.07, 6.45) is 7.83. The van der Waals surface area contributed by atoms with Gasteiger partial charge in [-0.2, -0.15) is 0 Å². The van der Waals surface area contributed by atoms with Gasteiger partial charge in [-0.05, 0) is 60.7 Å². The summed E-state index contributed by atoms with van der Waals surface area (Å²) in [4.78, 5) is 68.6. The van der Waals surface area contributed by atoms with Crippen molar-refractivity contribution in [2.45, 2.75) is 150 Å². The van der Waals surface area contributed by atoms with Crippen LogP contribution in [0.25, 0.3) is 0 Å². The number of nitrogens with zero attached hydrogens (tertiary/aromatic N) is 1. The van der Waals surface area contributed by atoms with Gasteiger partial charge in [0, 0.05) is 6.54 Å². The van der Waals surface area contributed by atoms with Crippen molar-refractivity contribution in [2.75, 3.05) is 18.1 Å². The van der Waals surface area contributed by atoms with Gasteiger partial charge in [0.1, 0.15) is 12.1 Å². The average molecular weight is 710 g/mol. The van der Waals surface area contributed by atoms with Gasteiger partial charge in [0.05, 0.1) is 23.1 Å². The number of amides is 5. The second-order valence-electron chi connectivity index (χ2n) is 17.6. The lowest BCUT2D eigenvalue weighted by atomic mass is 9.75. The van der Waals surface area contributed by atoms with Crippen LogP contribution in [0.1, 0.15) is 126 Å². The van der Waals surface area contributed by atoms with Gasteiger partial charge in [-0.15, -0.1) is 0 Å². The van der Waals surface area contributed by atoms with E-state index in [0.29, 0.717) is 32.1 Å². The van der Waals surface area contributed by atoms with E-state index in [1.165, 1.54) is 4.90 Å². The maximum absolute atomic E-state index is 14.5. The molecule has 1 aliphatic heterocycles. The number of nitrogens with two attached hydrogens (primary N) is 1. The zero-order valence-corrected chi connectivity index (χ0v) is 32.0. The number of sulfone groups is 1. The molecular formula is C36H63N5O7S. The molecule has 280 valence electrons. The SMILES string of the molecule is CC(C)CCS(=O)(=O)CC1(NC(=O)N[C@H](C(=O)N2CCC(C(C)(C)C)C2C(=O)NC(CC2CCC2)C(=O)C(N)=O)C(C)(C)C)CCCCC1. The van der Waals surface area contributed by atoms with Crippen LogP contribution in [0, 0.1) is 28.6 Å². The molecule has 0 bridgehead atoms. The molecule has 0 aromatic rings. The van der Waals surface area contributed by atoms with Crippen LogP contribution in [0.15, 0.2) is 0 Å². The molecule has 0 aromatic carbocycles. The van der Waals surface area contributed by atoms with Gasteiger partial charge in [-0.25, -0.2) is 13.2 Å². The molecule has 2 aliphatic carbocycles. The molecule has 13 heteroatoms. The first-order valence-corrected chi connectivity index (χ1v) is 20.1. The van der Waals surface area contributed by atoms with E-state index in [-0.39, 0.29) is 41.2 Å². The Labute approximate surface area is 294 Å². The largest absolute Gasteiger partial charge is 0.363 e. The van der Waals surface area contributed by atoms with Crippen LogP contribution in [0.3, 0.4) is 0 Å². The van der Waals surface area contributed by atoms with E-state index >= 15 is 0 Å². The maximum Gasteiger partial charge on any atom is 0.315 e. The summed E-state index contributed by atoms with van der Waals surface area (Å²) in [5.74, 6) is -2.83. The van der Waals surface area contributed by atoms with Crippen molar-refractivity contribution in [2.24, 2.45) is 34.3 Å². The van der Waals surface area contributed by atoms with Gasteiger partial charge >= 0.3 is 6.03 Å². The average Bonchev–Trinajstić information content (AvgIpc) is 3.41. The predicted molar refractivity (Wildman–Crippen MR) is 190 cm³/mol. The summed E-state index contributed by atoms with van der Waals surface area (Å²) in [5.41, 5.74) is 3.27. The molecule has 1 saturated heterocycles. The third kappa shape index (κ3) is 11.1. The summed E-state index contributed by atoms with van der Waals surface area (Å²) < 4.78 is 26.4. The monoisotopic (exact) mass is 709 g/mol. The summed E-state index contributed by atoms with van der Waals surface area (Å²) in [7, 11) is -3.45. The number of hydrogen-bond acceptors (Lipinski definition) is 7. The van der Waals surface area contributed by atoms with Crippen molar-refractivity contribution in [3.63, 3.8) is 0 Å². The molecule has 0 aromatic heterocycles. The van der Waals surface area contributed by atoms with Gasteiger partial charge in [-0.3, -0.25) is 19.2 Å². The Morgan fingerprint density at radius 2 is 1.51 bits per heavy atom. The summed E-state index contributed by atoms with van der Waals surface area (Å²) in [5, 5.41) is 8.70. The fourth-order valence-corrected chi connectivity index (χ4v) is 9.84. The number of nitrogens with one attached hydrogen (secondary N) is 3. The lowest BCUT2D eigenvalue weighted by Crippen LogP contribution is -2.63. The van der Waals surface area contributed by atoms with E-state index < -0.39 is 68.5 Å². The predicted octanol–water partition coefficient (Wildman–Crippen LogP) is 3.86. The highest BCUT2D eigenvalue weighted by Gasteiger charge is 2.50. The normalized spacial score (nSPS) is 22.9. The van der Waals surface area contributed by atoms with Crippen LogP contribution in [0.2, 0.25) is 0 Å². The Hall–Kier alpha value is -2.70.